The summed E-state index contributed by atoms with van der Waals surface area (Å²) in [5, 5.41) is 0. The van der Waals surface area contributed by atoms with Gasteiger partial charge in [-0.2, -0.15) is 0 Å². The monoisotopic (exact) mass is 255 g/mol. The molecule has 0 aromatic heterocycles. The molecule has 0 radical (unpaired) electrons. The Morgan fingerprint density at radius 3 is 2.16 bits per heavy atom. The van der Waals surface area contributed by atoms with Crippen LogP contribution in [-0.2, 0) is 6.42 Å². The third kappa shape index (κ3) is 3.15. The van der Waals surface area contributed by atoms with E-state index >= 15 is 0 Å². The van der Waals surface area contributed by atoms with Gasteiger partial charge in [-0.25, -0.2) is 0 Å². The number of benzene rings is 2. The summed E-state index contributed by atoms with van der Waals surface area (Å²) < 4.78 is 6.02. The van der Waals surface area contributed by atoms with E-state index in [1.54, 1.807) is 0 Å². The van der Waals surface area contributed by atoms with E-state index in [1.807, 2.05) is 12.1 Å². The second kappa shape index (κ2) is 5.89. The quantitative estimate of drug-likeness (QED) is 0.899. The van der Waals surface area contributed by atoms with Gasteiger partial charge in [0.2, 0.25) is 0 Å². The first kappa shape index (κ1) is 13.6. The van der Waals surface area contributed by atoms with Crippen LogP contribution in [0.2, 0.25) is 0 Å². The van der Waals surface area contributed by atoms with E-state index in [-0.39, 0.29) is 0 Å². The fraction of sp³-hybridized carbons (Fsp3) is 0.294. The molecule has 0 saturated heterocycles. The lowest BCUT2D eigenvalue weighted by Gasteiger charge is -2.14. The van der Waals surface area contributed by atoms with Gasteiger partial charge >= 0.3 is 0 Å². The van der Waals surface area contributed by atoms with E-state index in [2.05, 4.69) is 45.0 Å². The fourth-order valence-electron chi connectivity index (χ4n) is 2.09. The molecule has 0 fully saturated rings. The number of hydrogen-bond donors (Lipinski definition) is 1. The van der Waals surface area contributed by atoms with Gasteiger partial charge in [-0.15, -0.1) is 0 Å². The molecule has 0 saturated carbocycles. The van der Waals surface area contributed by atoms with Crippen LogP contribution in [0.3, 0.4) is 0 Å². The average molecular weight is 255 g/mol. The lowest BCUT2D eigenvalue weighted by Crippen LogP contribution is -2.02. The molecule has 100 valence electrons. The van der Waals surface area contributed by atoms with Gasteiger partial charge in [-0.3, -0.25) is 0 Å². The largest absolute Gasteiger partial charge is 0.457 e. The normalized spacial score (nSPS) is 10.5. The van der Waals surface area contributed by atoms with Gasteiger partial charge in [0, 0.05) is 0 Å². The van der Waals surface area contributed by atoms with Crippen molar-refractivity contribution in [3.05, 3.63) is 58.7 Å². The maximum absolute atomic E-state index is 6.02. The van der Waals surface area contributed by atoms with Crippen molar-refractivity contribution in [2.45, 2.75) is 27.2 Å². The van der Waals surface area contributed by atoms with Crippen molar-refractivity contribution in [1.82, 2.24) is 0 Å². The van der Waals surface area contributed by atoms with Crippen LogP contribution in [0.5, 0.6) is 11.5 Å². The molecule has 0 atom stereocenters. The Balaban J connectivity index is 2.24. The smallest absolute Gasteiger partial charge is 0.133 e. The highest BCUT2D eigenvalue weighted by Crippen LogP contribution is 2.30. The molecule has 0 spiro atoms. The zero-order chi connectivity index (χ0) is 13.8. The standard InChI is InChI=1S/C17H21NO/c1-12-4-5-13(2)17(14(12)3)19-16-8-6-15(7-9-16)10-11-18/h4-9H,10-11,18H2,1-3H3. The number of aryl methyl sites for hydroxylation is 2. The molecule has 19 heavy (non-hydrogen) atoms. The van der Waals surface area contributed by atoms with Crippen LogP contribution < -0.4 is 10.5 Å². The van der Waals surface area contributed by atoms with Crippen molar-refractivity contribution in [3.8, 4) is 11.5 Å². The molecule has 0 aliphatic carbocycles. The van der Waals surface area contributed by atoms with E-state index < -0.39 is 0 Å². The van der Waals surface area contributed by atoms with Gasteiger partial charge in [0.05, 0.1) is 0 Å². The van der Waals surface area contributed by atoms with Gasteiger partial charge < -0.3 is 10.5 Å². The first-order valence-corrected chi connectivity index (χ1v) is 6.65. The Morgan fingerprint density at radius 1 is 0.895 bits per heavy atom. The van der Waals surface area contributed by atoms with Crippen molar-refractivity contribution < 1.29 is 4.74 Å². The summed E-state index contributed by atoms with van der Waals surface area (Å²) in [6, 6.07) is 12.4. The fourth-order valence-corrected chi connectivity index (χ4v) is 2.09. The zero-order valence-electron chi connectivity index (χ0n) is 11.9. The Kier molecular flexibility index (Phi) is 4.23. The Hall–Kier alpha value is -1.80. The minimum atomic E-state index is 0.677. The van der Waals surface area contributed by atoms with E-state index in [9.17, 15) is 0 Å². The van der Waals surface area contributed by atoms with Crippen molar-refractivity contribution >= 4 is 0 Å². The summed E-state index contributed by atoms with van der Waals surface area (Å²) in [5.41, 5.74) is 10.4. The van der Waals surface area contributed by atoms with Crippen molar-refractivity contribution in [2.75, 3.05) is 6.54 Å². The van der Waals surface area contributed by atoms with Crippen LogP contribution in [0.1, 0.15) is 22.3 Å². The SMILES string of the molecule is Cc1ccc(C)c(Oc2ccc(CCN)cc2)c1C. The predicted molar refractivity (Wildman–Crippen MR) is 79.9 cm³/mol. The van der Waals surface area contributed by atoms with E-state index in [1.165, 1.54) is 16.7 Å². The first-order valence-electron chi connectivity index (χ1n) is 6.65. The molecule has 0 heterocycles. The highest BCUT2D eigenvalue weighted by molar-refractivity contribution is 5.47. The number of rotatable bonds is 4. The van der Waals surface area contributed by atoms with E-state index in [0.29, 0.717) is 6.54 Å². The minimum Gasteiger partial charge on any atom is -0.457 e. The molecule has 2 aromatic carbocycles. The summed E-state index contributed by atoms with van der Waals surface area (Å²) in [6.07, 6.45) is 0.906. The van der Waals surface area contributed by atoms with Crippen molar-refractivity contribution in [3.63, 3.8) is 0 Å². The third-order valence-electron chi connectivity index (χ3n) is 3.45. The average Bonchev–Trinajstić information content (AvgIpc) is 2.41. The number of ether oxygens (including phenoxy) is 1. The molecule has 2 nitrogen and oxygen atoms in total. The number of nitrogens with two attached hydrogens (primary N) is 1. The molecule has 0 unspecified atom stereocenters. The molecule has 0 aliphatic rings. The number of hydrogen-bond acceptors (Lipinski definition) is 2. The molecular weight excluding hydrogens is 234 g/mol. The van der Waals surface area contributed by atoms with Gasteiger partial charge in [-0.05, 0) is 68.1 Å². The topological polar surface area (TPSA) is 35.2 Å². The van der Waals surface area contributed by atoms with Crippen LogP contribution in [0.25, 0.3) is 0 Å². The van der Waals surface area contributed by atoms with Crippen LogP contribution in [0, 0.1) is 20.8 Å². The minimum absolute atomic E-state index is 0.677. The highest BCUT2D eigenvalue weighted by atomic mass is 16.5. The molecule has 0 amide bonds. The van der Waals surface area contributed by atoms with E-state index in [0.717, 1.165) is 23.5 Å². The maximum Gasteiger partial charge on any atom is 0.133 e. The predicted octanol–water partition coefficient (Wildman–Crippen LogP) is 3.91. The lowest BCUT2D eigenvalue weighted by molar-refractivity contribution is 0.474. The molecule has 0 bridgehead atoms. The maximum atomic E-state index is 6.02. The molecule has 2 rings (SSSR count). The summed E-state index contributed by atoms with van der Waals surface area (Å²) in [4.78, 5) is 0. The van der Waals surface area contributed by atoms with Crippen molar-refractivity contribution in [2.24, 2.45) is 5.73 Å². The highest BCUT2D eigenvalue weighted by Gasteiger charge is 2.07. The van der Waals surface area contributed by atoms with Crippen LogP contribution >= 0.6 is 0 Å². The molecule has 2 heteroatoms. The van der Waals surface area contributed by atoms with Gasteiger partial charge in [0.1, 0.15) is 11.5 Å². The molecule has 0 aliphatic heterocycles. The van der Waals surface area contributed by atoms with Gasteiger partial charge in [-0.1, -0.05) is 24.3 Å². The third-order valence-corrected chi connectivity index (χ3v) is 3.45. The Bertz CT molecular complexity index is 558. The second-order valence-corrected chi connectivity index (χ2v) is 4.94. The van der Waals surface area contributed by atoms with Crippen LogP contribution in [0.4, 0.5) is 0 Å². The summed E-state index contributed by atoms with van der Waals surface area (Å²) >= 11 is 0. The van der Waals surface area contributed by atoms with Crippen molar-refractivity contribution in [1.29, 1.82) is 0 Å². The first-order chi connectivity index (χ1) is 9.11. The molecule has 2 aromatic rings. The summed E-state index contributed by atoms with van der Waals surface area (Å²) in [7, 11) is 0. The molecular formula is C17H21NO. The van der Waals surface area contributed by atoms with E-state index in [4.69, 9.17) is 10.5 Å². The Labute approximate surface area is 115 Å². The second-order valence-electron chi connectivity index (χ2n) is 4.94. The summed E-state index contributed by atoms with van der Waals surface area (Å²) in [5.74, 6) is 1.84. The summed E-state index contributed by atoms with van der Waals surface area (Å²) in [6.45, 7) is 6.95. The van der Waals surface area contributed by atoms with Crippen LogP contribution in [0.15, 0.2) is 36.4 Å². The van der Waals surface area contributed by atoms with Gasteiger partial charge in [0.25, 0.3) is 0 Å². The zero-order valence-corrected chi connectivity index (χ0v) is 11.9. The Morgan fingerprint density at radius 2 is 1.53 bits per heavy atom. The molecule has 2 N–H and O–H groups in total. The lowest BCUT2D eigenvalue weighted by atomic mass is 10.1. The van der Waals surface area contributed by atoms with Gasteiger partial charge in [0.15, 0.2) is 0 Å². The van der Waals surface area contributed by atoms with Crippen LogP contribution in [-0.4, -0.2) is 6.54 Å².